The predicted octanol–water partition coefficient (Wildman–Crippen LogP) is -3.09. The number of carbonyl (C=O) groups excluding carboxylic acids is 3. The van der Waals surface area contributed by atoms with Gasteiger partial charge in [0.2, 0.25) is 17.7 Å². The van der Waals surface area contributed by atoms with Crippen molar-refractivity contribution in [1.29, 1.82) is 0 Å². The summed E-state index contributed by atoms with van der Waals surface area (Å²) in [6.45, 7) is 0.0872. The molecule has 2 atom stereocenters. The number of rotatable bonds is 6. The van der Waals surface area contributed by atoms with Gasteiger partial charge >= 0.3 is 5.97 Å². The number of hydrogen-bond acceptors (Lipinski definition) is 5. The molecule has 0 aliphatic carbocycles. The van der Waals surface area contributed by atoms with Crippen LogP contribution < -0.4 is 21.7 Å². The van der Waals surface area contributed by atoms with Gasteiger partial charge in [-0.15, -0.1) is 0 Å². The van der Waals surface area contributed by atoms with E-state index in [0.29, 0.717) is 0 Å². The summed E-state index contributed by atoms with van der Waals surface area (Å²) in [5, 5.41) is 16.4. The SMILES string of the molecule is NC(=O)CCC(NC(=O)C1CNC(=O)CN1)C(=O)O. The molecule has 1 fully saturated rings. The maximum absolute atomic E-state index is 11.8. The second-order valence-electron chi connectivity index (χ2n) is 4.14. The van der Waals surface area contributed by atoms with Crippen LogP contribution in [0.1, 0.15) is 12.8 Å². The molecule has 3 amide bonds. The van der Waals surface area contributed by atoms with Crippen LogP contribution in [0.5, 0.6) is 0 Å². The largest absolute Gasteiger partial charge is 0.480 e. The Morgan fingerprint density at radius 1 is 1.47 bits per heavy atom. The molecule has 0 aromatic carbocycles. The third-order valence-electron chi connectivity index (χ3n) is 2.62. The van der Waals surface area contributed by atoms with Gasteiger partial charge in [-0.05, 0) is 6.42 Å². The number of primary amides is 1. The number of hydrogen-bond donors (Lipinski definition) is 5. The monoisotopic (exact) mass is 272 g/mol. The topological polar surface area (TPSA) is 151 Å². The van der Waals surface area contributed by atoms with Gasteiger partial charge in [0.1, 0.15) is 12.1 Å². The van der Waals surface area contributed by atoms with E-state index in [1.54, 1.807) is 0 Å². The van der Waals surface area contributed by atoms with Crippen molar-refractivity contribution in [3.63, 3.8) is 0 Å². The normalized spacial score (nSPS) is 20.2. The maximum Gasteiger partial charge on any atom is 0.326 e. The van der Waals surface area contributed by atoms with Crippen molar-refractivity contribution in [3.05, 3.63) is 0 Å². The molecule has 106 valence electrons. The van der Waals surface area contributed by atoms with Gasteiger partial charge in [-0.2, -0.15) is 0 Å². The van der Waals surface area contributed by atoms with Gasteiger partial charge in [0.25, 0.3) is 0 Å². The van der Waals surface area contributed by atoms with Gasteiger partial charge in [-0.25, -0.2) is 4.79 Å². The molecule has 1 saturated heterocycles. The van der Waals surface area contributed by atoms with Crippen LogP contribution in [0, 0.1) is 0 Å². The Bertz CT molecular complexity index is 387. The first-order chi connectivity index (χ1) is 8.90. The molecule has 1 rings (SSSR count). The van der Waals surface area contributed by atoms with Crippen molar-refractivity contribution in [2.45, 2.75) is 24.9 Å². The Hall–Kier alpha value is -2.16. The molecule has 1 heterocycles. The molecule has 0 aromatic rings. The maximum atomic E-state index is 11.8. The zero-order valence-corrected chi connectivity index (χ0v) is 10.1. The summed E-state index contributed by atoms with van der Waals surface area (Å²) in [5.74, 6) is -2.65. The standard InChI is InChI=1S/C10H16N4O5/c11-7(15)2-1-5(10(18)19)14-9(17)6-3-13-8(16)4-12-6/h5-6,12H,1-4H2,(H2,11,15)(H,13,16)(H,14,17)(H,18,19). The van der Waals surface area contributed by atoms with Crippen molar-refractivity contribution in [2.75, 3.05) is 13.1 Å². The van der Waals surface area contributed by atoms with Crippen molar-refractivity contribution >= 4 is 23.7 Å². The smallest absolute Gasteiger partial charge is 0.326 e. The van der Waals surface area contributed by atoms with Crippen LogP contribution in [-0.2, 0) is 19.2 Å². The lowest BCUT2D eigenvalue weighted by molar-refractivity contribution is -0.142. The van der Waals surface area contributed by atoms with Crippen LogP contribution in [0.15, 0.2) is 0 Å². The van der Waals surface area contributed by atoms with Gasteiger partial charge in [0.05, 0.1) is 6.54 Å². The second-order valence-corrected chi connectivity index (χ2v) is 4.14. The minimum Gasteiger partial charge on any atom is -0.480 e. The molecule has 0 spiro atoms. The van der Waals surface area contributed by atoms with Crippen LogP contribution >= 0.6 is 0 Å². The average Bonchev–Trinajstić information content (AvgIpc) is 2.34. The fourth-order valence-electron chi connectivity index (χ4n) is 1.57. The van der Waals surface area contributed by atoms with E-state index in [9.17, 15) is 19.2 Å². The summed E-state index contributed by atoms with van der Waals surface area (Å²) in [6.07, 6.45) is -0.207. The lowest BCUT2D eigenvalue weighted by atomic mass is 10.1. The Kier molecular flexibility index (Phi) is 5.24. The molecular formula is C10H16N4O5. The third-order valence-corrected chi connectivity index (χ3v) is 2.62. The first kappa shape index (κ1) is 14.9. The number of nitrogens with one attached hydrogen (secondary N) is 3. The quantitative estimate of drug-likeness (QED) is 0.346. The molecule has 9 heteroatoms. The number of piperazine rings is 1. The van der Waals surface area contributed by atoms with E-state index in [-0.39, 0.29) is 31.8 Å². The highest BCUT2D eigenvalue weighted by Gasteiger charge is 2.27. The fourth-order valence-corrected chi connectivity index (χ4v) is 1.57. The summed E-state index contributed by atoms with van der Waals surface area (Å²) in [7, 11) is 0. The summed E-state index contributed by atoms with van der Waals surface area (Å²) >= 11 is 0. The Balaban J connectivity index is 2.49. The van der Waals surface area contributed by atoms with Crippen molar-refractivity contribution in [1.82, 2.24) is 16.0 Å². The van der Waals surface area contributed by atoms with Crippen LogP contribution in [0.25, 0.3) is 0 Å². The number of carboxylic acids is 1. The molecule has 0 aromatic heterocycles. The molecule has 0 radical (unpaired) electrons. The molecular weight excluding hydrogens is 256 g/mol. The molecule has 6 N–H and O–H groups in total. The van der Waals surface area contributed by atoms with E-state index in [0.717, 1.165) is 0 Å². The van der Waals surface area contributed by atoms with E-state index < -0.39 is 29.9 Å². The number of nitrogens with two attached hydrogens (primary N) is 1. The van der Waals surface area contributed by atoms with E-state index in [4.69, 9.17) is 10.8 Å². The van der Waals surface area contributed by atoms with E-state index in [2.05, 4.69) is 16.0 Å². The van der Waals surface area contributed by atoms with Crippen LogP contribution in [0.2, 0.25) is 0 Å². The number of carbonyl (C=O) groups is 4. The fraction of sp³-hybridized carbons (Fsp3) is 0.600. The van der Waals surface area contributed by atoms with Crippen LogP contribution in [0.4, 0.5) is 0 Å². The van der Waals surface area contributed by atoms with Gasteiger partial charge in [0.15, 0.2) is 0 Å². The van der Waals surface area contributed by atoms with E-state index >= 15 is 0 Å². The number of carboxylic acid groups (broad SMARTS) is 1. The number of aliphatic carboxylic acids is 1. The van der Waals surface area contributed by atoms with Crippen molar-refractivity contribution in [3.8, 4) is 0 Å². The van der Waals surface area contributed by atoms with Crippen LogP contribution in [0.3, 0.4) is 0 Å². The third kappa shape index (κ3) is 4.92. The van der Waals surface area contributed by atoms with Crippen LogP contribution in [-0.4, -0.2) is 54.0 Å². The van der Waals surface area contributed by atoms with Gasteiger partial charge in [-0.1, -0.05) is 0 Å². The van der Waals surface area contributed by atoms with Crippen molar-refractivity contribution < 1.29 is 24.3 Å². The van der Waals surface area contributed by atoms with Gasteiger partial charge in [0, 0.05) is 13.0 Å². The Morgan fingerprint density at radius 3 is 2.63 bits per heavy atom. The number of amides is 3. The first-order valence-corrected chi connectivity index (χ1v) is 5.71. The van der Waals surface area contributed by atoms with E-state index in [1.165, 1.54) is 0 Å². The second kappa shape index (κ2) is 6.69. The highest BCUT2D eigenvalue weighted by Crippen LogP contribution is 1.99. The molecule has 1 aliphatic rings. The molecule has 9 nitrogen and oxygen atoms in total. The Morgan fingerprint density at radius 2 is 2.16 bits per heavy atom. The summed E-state index contributed by atoms with van der Waals surface area (Å²) in [5.41, 5.74) is 4.93. The molecule has 19 heavy (non-hydrogen) atoms. The Labute approximate surface area is 108 Å². The average molecular weight is 272 g/mol. The minimum absolute atomic E-state index is 0.00287. The van der Waals surface area contributed by atoms with E-state index in [1.807, 2.05) is 0 Å². The molecule has 0 bridgehead atoms. The van der Waals surface area contributed by atoms with Gasteiger partial charge < -0.3 is 21.5 Å². The lowest BCUT2D eigenvalue weighted by Crippen LogP contribution is -2.59. The predicted molar refractivity (Wildman–Crippen MR) is 62.8 cm³/mol. The zero-order valence-electron chi connectivity index (χ0n) is 10.1. The summed E-state index contributed by atoms with van der Waals surface area (Å²) < 4.78 is 0. The molecule has 1 aliphatic heterocycles. The van der Waals surface area contributed by atoms with Crippen molar-refractivity contribution in [2.24, 2.45) is 5.73 Å². The highest BCUT2D eigenvalue weighted by atomic mass is 16.4. The molecule has 2 unspecified atom stereocenters. The zero-order chi connectivity index (χ0) is 14.4. The first-order valence-electron chi connectivity index (χ1n) is 5.71. The summed E-state index contributed by atoms with van der Waals surface area (Å²) in [4.78, 5) is 44.2. The minimum atomic E-state index is -1.24. The van der Waals surface area contributed by atoms with Gasteiger partial charge in [-0.3, -0.25) is 19.7 Å². The lowest BCUT2D eigenvalue weighted by Gasteiger charge is -2.24. The highest BCUT2D eigenvalue weighted by molar-refractivity contribution is 5.89. The summed E-state index contributed by atoms with van der Waals surface area (Å²) in [6, 6.07) is -1.87. The molecule has 0 saturated carbocycles.